The van der Waals surface area contributed by atoms with Crippen molar-refractivity contribution in [3.8, 4) is 5.88 Å². The lowest BCUT2D eigenvalue weighted by Crippen LogP contribution is -2.44. The van der Waals surface area contributed by atoms with Crippen molar-refractivity contribution in [1.82, 2.24) is 15.6 Å². The van der Waals surface area contributed by atoms with Crippen molar-refractivity contribution in [2.24, 2.45) is 0 Å². The van der Waals surface area contributed by atoms with Gasteiger partial charge in [-0.3, -0.25) is 9.59 Å². The zero-order valence-electron chi connectivity index (χ0n) is 13.1. The van der Waals surface area contributed by atoms with Crippen LogP contribution in [0, 0.1) is 6.92 Å². The maximum atomic E-state index is 11.7. The molecule has 1 aromatic rings. The summed E-state index contributed by atoms with van der Waals surface area (Å²) in [6.45, 7) is 3.43. The van der Waals surface area contributed by atoms with Gasteiger partial charge in [-0.05, 0) is 38.2 Å². The van der Waals surface area contributed by atoms with E-state index in [0.29, 0.717) is 5.88 Å². The van der Waals surface area contributed by atoms with Gasteiger partial charge in [0.25, 0.3) is 0 Å². The van der Waals surface area contributed by atoms with Crippen LogP contribution in [0.3, 0.4) is 0 Å². The summed E-state index contributed by atoms with van der Waals surface area (Å²) in [5.41, 5.74) is 1.11. The number of ether oxygens (including phenoxy) is 1. The Balaban J connectivity index is 1.70. The average molecular weight is 305 g/mol. The first kappa shape index (κ1) is 16.3. The van der Waals surface area contributed by atoms with Crippen molar-refractivity contribution >= 4 is 11.8 Å². The second-order valence-electron chi connectivity index (χ2n) is 5.74. The summed E-state index contributed by atoms with van der Waals surface area (Å²) in [6, 6.07) is 4.03. The quantitative estimate of drug-likeness (QED) is 0.860. The van der Waals surface area contributed by atoms with Gasteiger partial charge in [-0.15, -0.1) is 0 Å². The van der Waals surface area contributed by atoms with Crippen LogP contribution in [-0.2, 0) is 9.59 Å². The van der Waals surface area contributed by atoms with Gasteiger partial charge in [0.1, 0.15) is 6.10 Å². The van der Waals surface area contributed by atoms with Gasteiger partial charge in [0.2, 0.25) is 17.7 Å². The number of hydrogen-bond donors (Lipinski definition) is 2. The number of pyridine rings is 1. The molecule has 0 aromatic carbocycles. The maximum absolute atomic E-state index is 11.7. The minimum Gasteiger partial charge on any atom is -0.474 e. The Morgan fingerprint density at radius 1 is 1.27 bits per heavy atom. The molecule has 0 bridgehead atoms. The SMILES string of the molecule is CC(=O)NCC(=O)NC1CCC(Oc2ccc(C)cn2)CC1. The van der Waals surface area contributed by atoms with Crippen molar-refractivity contribution in [2.75, 3.05) is 6.54 Å². The predicted molar refractivity (Wildman–Crippen MR) is 82.5 cm³/mol. The van der Waals surface area contributed by atoms with E-state index in [9.17, 15) is 9.59 Å². The summed E-state index contributed by atoms with van der Waals surface area (Å²) in [7, 11) is 0. The molecule has 1 saturated carbocycles. The fourth-order valence-corrected chi connectivity index (χ4v) is 2.50. The van der Waals surface area contributed by atoms with E-state index in [1.165, 1.54) is 6.92 Å². The molecule has 0 spiro atoms. The van der Waals surface area contributed by atoms with Gasteiger partial charge >= 0.3 is 0 Å². The van der Waals surface area contributed by atoms with Gasteiger partial charge in [0, 0.05) is 25.2 Å². The fourth-order valence-electron chi connectivity index (χ4n) is 2.50. The first-order chi connectivity index (χ1) is 10.5. The van der Waals surface area contributed by atoms with E-state index in [1.54, 1.807) is 6.20 Å². The molecule has 0 atom stereocenters. The second kappa shape index (κ2) is 7.77. The lowest BCUT2D eigenvalue weighted by Gasteiger charge is -2.29. The van der Waals surface area contributed by atoms with Crippen LogP contribution in [0.15, 0.2) is 18.3 Å². The number of carbonyl (C=O) groups is 2. The molecule has 0 radical (unpaired) electrons. The Hall–Kier alpha value is -2.11. The van der Waals surface area contributed by atoms with Crippen molar-refractivity contribution < 1.29 is 14.3 Å². The lowest BCUT2D eigenvalue weighted by molar-refractivity contribution is -0.125. The summed E-state index contributed by atoms with van der Waals surface area (Å²) in [6.07, 6.45) is 5.48. The molecular weight excluding hydrogens is 282 g/mol. The third-order valence-corrected chi connectivity index (χ3v) is 3.71. The lowest BCUT2D eigenvalue weighted by atomic mass is 9.93. The smallest absolute Gasteiger partial charge is 0.239 e. The van der Waals surface area contributed by atoms with E-state index >= 15 is 0 Å². The molecule has 6 heteroatoms. The zero-order chi connectivity index (χ0) is 15.9. The van der Waals surface area contributed by atoms with Crippen molar-refractivity contribution in [3.63, 3.8) is 0 Å². The summed E-state index contributed by atoms with van der Waals surface area (Å²) < 4.78 is 5.86. The van der Waals surface area contributed by atoms with Crippen LogP contribution in [0.1, 0.15) is 38.2 Å². The summed E-state index contributed by atoms with van der Waals surface area (Å²) in [5, 5.41) is 5.44. The number of aryl methyl sites for hydroxylation is 1. The number of amides is 2. The molecule has 120 valence electrons. The third-order valence-electron chi connectivity index (χ3n) is 3.71. The van der Waals surface area contributed by atoms with E-state index in [2.05, 4.69) is 15.6 Å². The number of hydrogen-bond acceptors (Lipinski definition) is 4. The van der Waals surface area contributed by atoms with Crippen LogP contribution in [-0.4, -0.2) is 35.5 Å². The third kappa shape index (κ3) is 5.35. The fraction of sp³-hybridized carbons (Fsp3) is 0.562. The molecule has 22 heavy (non-hydrogen) atoms. The van der Waals surface area contributed by atoms with Gasteiger partial charge in [0.15, 0.2) is 0 Å². The summed E-state index contributed by atoms with van der Waals surface area (Å²) >= 11 is 0. The highest BCUT2D eigenvalue weighted by atomic mass is 16.5. The van der Waals surface area contributed by atoms with E-state index < -0.39 is 0 Å². The highest BCUT2D eigenvalue weighted by molar-refractivity contribution is 5.83. The normalized spacial score (nSPS) is 21.0. The Kier molecular flexibility index (Phi) is 5.75. The first-order valence-corrected chi connectivity index (χ1v) is 7.66. The standard InChI is InChI=1S/C16H23N3O3/c1-11-3-8-16(18-9-11)22-14-6-4-13(5-7-14)19-15(21)10-17-12(2)20/h3,8-9,13-14H,4-7,10H2,1-2H3,(H,17,20)(H,19,21). The molecule has 0 saturated heterocycles. The van der Waals surface area contributed by atoms with Gasteiger partial charge in [0.05, 0.1) is 6.54 Å². The van der Waals surface area contributed by atoms with E-state index in [1.807, 2.05) is 19.1 Å². The monoisotopic (exact) mass is 305 g/mol. The van der Waals surface area contributed by atoms with Crippen LogP contribution < -0.4 is 15.4 Å². The number of rotatable bonds is 5. The van der Waals surface area contributed by atoms with Gasteiger partial charge < -0.3 is 15.4 Å². The van der Waals surface area contributed by atoms with Gasteiger partial charge in [-0.25, -0.2) is 4.98 Å². The Morgan fingerprint density at radius 3 is 2.59 bits per heavy atom. The molecule has 0 unspecified atom stereocenters. The minimum absolute atomic E-state index is 0.0407. The molecular formula is C16H23N3O3. The predicted octanol–water partition coefficient (Wildman–Crippen LogP) is 1.33. The first-order valence-electron chi connectivity index (χ1n) is 7.66. The second-order valence-corrected chi connectivity index (χ2v) is 5.74. The molecule has 2 amide bonds. The zero-order valence-corrected chi connectivity index (χ0v) is 13.1. The number of nitrogens with zero attached hydrogens (tertiary/aromatic N) is 1. The number of aromatic nitrogens is 1. The molecule has 1 aromatic heterocycles. The molecule has 1 fully saturated rings. The van der Waals surface area contributed by atoms with E-state index in [4.69, 9.17) is 4.74 Å². The Morgan fingerprint density at radius 2 is 2.00 bits per heavy atom. The molecule has 1 heterocycles. The van der Waals surface area contributed by atoms with Crippen molar-refractivity contribution in [1.29, 1.82) is 0 Å². The summed E-state index contributed by atoms with van der Waals surface area (Å²) in [4.78, 5) is 26.7. The molecule has 2 rings (SSSR count). The van der Waals surface area contributed by atoms with Crippen molar-refractivity contribution in [3.05, 3.63) is 23.9 Å². The van der Waals surface area contributed by atoms with E-state index in [0.717, 1.165) is 31.2 Å². The largest absolute Gasteiger partial charge is 0.474 e. The number of carbonyl (C=O) groups excluding carboxylic acids is 2. The summed E-state index contributed by atoms with van der Waals surface area (Å²) in [5.74, 6) is 0.321. The van der Waals surface area contributed by atoms with Gasteiger partial charge in [-0.1, -0.05) is 6.07 Å². The number of nitrogens with one attached hydrogen (secondary N) is 2. The van der Waals surface area contributed by atoms with Crippen LogP contribution in [0.5, 0.6) is 5.88 Å². The Labute approximate surface area is 130 Å². The maximum Gasteiger partial charge on any atom is 0.239 e. The van der Waals surface area contributed by atoms with Gasteiger partial charge in [-0.2, -0.15) is 0 Å². The molecule has 0 aliphatic heterocycles. The minimum atomic E-state index is -0.196. The van der Waals surface area contributed by atoms with Crippen LogP contribution in [0.2, 0.25) is 0 Å². The molecule has 1 aliphatic rings. The highest BCUT2D eigenvalue weighted by Gasteiger charge is 2.23. The van der Waals surface area contributed by atoms with E-state index in [-0.39, 0.29) is 30.5 Å². The van der Waals surface area contributed by atoms with Crippen LogP contribution in [0.4, 0.5) is 0 Å². The average Bonchev–Trinajstić information content (AvgIpc) is 2.49. The van der Waals surface area contributed by atoms with Crippen LogP contribution >= 0.6 is 0 Å². The topological polar surface area (TPSA) is 80.3 Å². The molecule has 2 N–H and O–H groups in total. The van der Waals surface area contributed by atoms with Crippen LogP contribution in [0.25, 0.3) is 0 Å². The molecule has 1 aliphatic carbocycles. The Bertz CT molecular complexity index is 508. The van der Waals surface area contributed by atoms with Crippen molar-refractivity contribution in [2.45, 2.75) is 51.7 Å². The highest BCUT2D eigenvalue weighted by Crippen LogP contribution is 2.22. The molecule has 6 nitrogen and oxygen atoms in total.